The molecule has 0 fully saturated rings. The van der Waals surface area contributed by atoms with Crippen LogP contribution in [0.15, 0.2) is 30.5 Å². The van der Waals surface area contributed by atoms with Crippen LogP contribution in [0.5, 0.6) is 0 Å². The Labute approximate surface area is 126 Å². The molecule has 1 amide bonds. The van der Waals surface area contributed by atoms with Gasteiger partial charge in [0.1, 0.15) is 0 Å². The normalized spacial score (nSPS) is 11.0. The molecule has 21 heavy (non-hydrogen) atoms. The number of thiazole rings is 1. The fraction of sp³-hybridized carbons (Fsp3) is 0.267. The van der Waals surface area contributed by atoms with E-state index < -0.39 is 0 Å². The average molecular weight is 300 g/mol. The van der Waals surface area contributed by atoms with E-state index in [2.05, 4.69) is 21.5 Å². The molecule has 0 saturated carbocycles. The van der Waals surface area contributed by atoms with Crippen molar-refractivity contribution in [2.75, 3.05) is 5.32 Å². The van der Waals surface area contributed by atoms with Crippen LogP contribution in [0.3, 0.4) is 0 Å². The van der Waals surface area contributed by atoms with Gasteiger partial charge in [0, 0.05) is 24.9 Å². The number of aryl methyl sites for hydroxylation is 3. The second-order valence-corrected chi connectivity index (χ2v) is 6.01. The summed E-state index contributed by atoms with van der Waals surface area (Å²) in [4.78, 5) is 16.4. The molecular formula is C15H16N4OS. The number of rotatable bonds is 4. The summed E-state index contributed by atoms with van der Waals surface area (Å²) in [5.74, 6) is -0.0410. The number of carbonyl (C=O) groups excluding carboxylic acids is 1. The number of nitrogens with one attached hydrogen (secondary N) is 1. The lowest BCUT2D eigenvalue weighted by molar-refractivity contribution is -0.116. The van der Waals surface area contributed by atoms with Crippen molar-refractivity contribution in [2.45, 2.75) is 26.8 Å². The lowest BCUT2D eigenvalue weighted by atomic mass is 10.2. The largest absolute Gasteiger partial charge is 0.302 e. The van der Waals surface area contributed by atoms with Crippen molar-refractivity contribution >= 4 is 32.6 Å². The number of benzene rings is 1. The maximum atomic E-state index is 12.0. The Morgan fingerprint density at radius 1 is 1.33 bits per heavy atom. The highest BCUT2D eigenvalue weighted by atomic mass is 32.1. The van der Waals surface area contributed by atoms with Crippen LogP contribution in [0, 0.1) is 13.8 Å². The Hall–Kier alpha value is -2.21. The van der Waals surface area contributed by atoms with Gasteiger partial charge in [0.15, 0.2) is 5.13 Å². The lowest BCUT2D eigenvalue weighted by Gasteiger charge is -2.04. The molecular weight excluding hydrogens is 284 g/mol. The van der Waals surface area contributed by atoms with Gasteiger partial charge in [-0.2, -0.15) is 5.10 Å². The van der Waals surface area contributed by atoms with E-state index in [1.54, 1.807) is 6.20 Å². The van der Waals surface area contributed by atoms with E-state index in [0.29, 0.717) is 18.1 Å². The van der Waals surface area contributed by atoms with Gasteiger partial charge in [-0.15, -0.1) is 0 Å². The Kier molecular flexibility index (Phi) is 3.70. The highest BCUT2D eigenvalue weighted by Gasteiger charge is 2.08. The maximum Gasteiger partial charge on any atom is 0.228 e. The zero-order chi connectivity index (χ0) is 14.8. The van der Waals surface area contributed by atoms with Crippen molar-refractivity contribution in [3.8, 4) is 0 Å². The molecule has 6 heteroatoms. The second-order valence-electron chi connectivity index (χ2n) is 4.98. The molecule has 108 valence electrons. The third-order valence-electron chi connectivity index (χ3n) is 3.27. The van der Waals surface area contributed by atoms with Gasteiger partial charge < -0.3 is 5.32 Å². The van der Waals surface area contributed by atoms with Gasteiger partial charge >= 0.3 is 0 Å². The zero-order valence-electron chi connectivity index (χ0n) is 12.0. The quantitative estimate of drug-likeness (QED) is 0.805. The van der Waals surface area contributed by atoms with E-state index in [1.807, 2.05) is 36.7 Å². The Morgan fingerprint density at radius 3 is 2.95 bits per heavy atom. The van der Waals surface area contributed by atoms with E-state index in [0.717, 1.165) is 15.9 Å². The third kappa shape index (κ3) is 3.11. The van der Waals surface area contributed by atoms with Crippen LogP contribution in [0.25, 0.3) is 10.2 Å². The van der Waals surface area contributed by atoms with Crippen LogP contribution in [-0.2, 0) is 11.3 Å². The fourth-order valence-corrected chi connectivity index (χ4v) is 3.09. The molecule has 1 N–H and O–H groups in total. The molecule has 2 heterocycles. The molecule has 1 aromatic carbocycles. The van der Waals surface area contributed by atoms with Crippen molar-refractivity contribution in [1.29, 1.82) is 0 Å². The van der Waals surface area contributed by atoms with Crippen LogP contribution in [0.4, 0.5) is 5.13 Å². The molecule has 0 bridgehead atoms. The molecule has 3 aromatic rings. The first-order valence-corrected chi connectivity index (χ1v) is 7.59. The molecule has 0 saturated heterocycles. The molecule has 0 spiro atoms. The van der Waals surface area contributed by atoms with Crippen molar-refractivity contribution in [3.05, 3.63) is 41.7 Å². The van der Waals surface area contributed by atoms with Crippen molar-refractivity contribution in [2.24, 2.45) is 0 Å². The Bertz CT molecular complexity index is 790. The highest BCUT2D eigenvalue weighted by molar-refractivity contribution is 7.22. The predicted octanol–water partition coefficient (Wildman–Crippen LogP) is 3.14. The number of aromatic nitrogens is 3. The number of anilines is 1. The van der Waals surface area contributed by atoms with Crippen molar-refractivity contribution in [3.63, 3.8) is 0 Å². The summed E-state index contributed by atoms with van der Waals surface area (Å²) < 4.78 is 2.91. The van der Waals surface area contributed by atoms with Gasteiger partial charge in [0.2, 0.25) is 5.91 Å². The van der Waals surface area contributed by atoms with Crippen molar-refractivity contribution < 1.29 is 4.79 Å². The minimum atomic E-state index is -0.0410. The van der Waals surface area contributed by atoms with Crippen LogP contribution < -0.4 is 5.32 Å². The number of fused-ring (bicyclic) bond motifs is 1. The first-order chi connectivity index (χ1) is 10.1. The lowest BCUT2D eigenvalue weighted by Crippen LogP contribution is -2.15. The zero-order valence-corrected chi connectivity index (χ0v) is 12.8. The van der Waals surface area contributed by atoms with E-state index in [4.69, 9.17) is 0 Å². The van der Waals surface area contributed by atoms with Crippen molar-refractivity contribution in [1.82, 2.24) is 14.8 Å². The molecule has 0 aliphatic carbocycles. The SMILES string of the molecule is Cc1ccc2nc(NC(=O)CCn3nccc3C)sc2c1. The third-order valence-corrected chi connectivity index (χ3v) is 4.20. The van der Waals surface area contributed by atoms with Crippen LogP contribution in [0.1, 0.15) is 17.7 Å². The maximum absolute atomic E-state index is 12.0. The smallest absolute Gasteiger partial charge is 0.228 e. The second kappa shape index (κ2) is 5.65. The van der Waals surface area contributed by atoms with Gasteiger partial charge in [-0.05, 0) is 37.6 Å². The first kappa shape index (κ1) is 13.8. The minimum Gasteiger partial charge on any atom is -0.302 e. The summed E-state index contributed by atoms with van der Waals surface area (Å²) in [6.07, 6.45) is 2.13. The topological polar surface area (TPSA) is 59.8 Å². The summed E-state index contributed by atoms with van der Waals surface area (Å²) in [5, 5.41) is 7.67. The highest BCUT2D eigenvalue weighted by Crippen LogP contribution is 2.26. The number of amides is 1. The summed E-state index contributed by atoms with van der Waals surface area (Å²) in [5.41, 5.74) is 3.17. The first-order valence-electron chi connectivity index (χ1n) is 6.77. The monoisotopic (exact) mass is 300 g/mol. The standard InChI is InChI=1S/C15H16N4OS/c1-10-3-4-12-13(9-10)21-15(17-12)18-14(20)6-8-19-11(2)5-7-16-19/h3-5,7,9H,6,8H2,1-2H3,(H,17,18,20). The fourth-order valence-electron chi connectivity index (χ4n) is 2.11. The van der Waals surface area contributed by atoms with Gasteiger partial charge in [-0.25, -0.2) is 4.98 Å². The molecule has 0 aliphatic rings. The van der Waals surface area contributed by atoms with Gasteiger partial charge in [0.05, 0.1) is 10.2 Å². The van der Waals surface area contributed by atoms with E-state index in [9.17, 15) is 4.79 Å². The van der Waals surface area contributed by atoms with Crippen LogP contribution in [-0.4, -0.2) is 20.7 Å². The minimum absolute atomic E-state index is 0.0410. The summed E-state index contributed by atoms with van der Waals surface area (Å²) in [6.45, 7) is 4.60. The van der Waals surface area contributed by atoms with Crippen LogP contribution >= 0.6 is 11.3 Å². The molecule has 0 radical (unpaired) electrons. The average Bonchev–Trinajstić information content (AvgIpc) is 3.01. The van der Waals surface area contributed by atoms with E-state index >= 15 is 0 Å². The number of nitrogens with zero attached hydrogens (tertiary/aromatic N) is 3. The molecule has 5 nitrogen and oxygen atoms in total. The Balaban J connectivity index is 1.64. The van der Waals surface area contributed by atoms with Crippen LogP contribution in [0.2, 0.25) is 0 Å². The number of hydrogen-bond donors (Lipinski definition) is 1. The van der Waals surface area contributed by atoms with E-state index in [1.165, 1.54) is 16.9 Å². The van der Waals surface area contributed by atoms with Gasteiger partial charge in [0.25, 0.3) is 0 Å². The summed E-state index contributed by atoms with van der Waals surface area (Å²) in [7, 11) is 0. The van der Waals surface area contributed by atoms with Gasteiger partial charge in [-0.3, -0.25) is 9.48 Å². The molecule has 3 rings (SSSR count). The molecule has 0 unspecified atom stereocenters. The predicted molar refractivity (Wildman–Crippen MR) is 84.6 cm³/mol. The van der Waals surface area contributed by atoms with Gasteiger partial charge in [-0.1, -0.05) is 17.4 Å². The molecule has 0 aliphatic heterocycles. The number of hydrogen-bond acceptors (Lipinski definition) is 4. The summed E-state index contributed by atoms with van der Waals surface area (Å²) >= 11 is 1.50. The summed E-state index contributed by atoms with van der Waals surface area (Å²) in [6, 6.07) is 8.00. The molecule has 0 atom stereocenters. The Morgan fingerprint density at radius 2 is 2.19 bits per heavy atom. The van der Waals surface area contributed by atoms with E-state index in [-0.39, 0.29) is 5.91 Å². The molecule has 2 aromatic heterocycles. The number of carbonyl (C=O) groups is 1.